The Morgan fingerprint density at radius 2 is 2.15 bits per heavy atom. The summed E-state index contributed by atoms with van der Waals surface area (Å²) in [5, 5.41) is 11.8. The third-order valence-electron chi connectivity index (χ3n) is 5.20. The van der Waals surface area contributed by atoms with Crippen LogP contribution in [0.5, 0.6) is 0 Å². The smallest absolute Gasteiger partial charge is 0.192 e. The normalized spacial score (nSPS) is 21.0. The largest absolute Gasteiger partial charge is 0.469 e. The lowest BCUT2D eigenvalue weighted by molar-refractivity contribution is 0.396. The molecule has 2 aliphatic rings. The van der Waals surface area contributed by atoms with Crippen LogP contribution in [0.1, 0.15) is 62.0 Å². The number of hydrogen-bond acceptors (Lipinski definition) is 4. The van der Waals surface area contributed by atoms with Crippen LogP contribution in [0.3, 0.4) is 0 Å². The molecule has 0 bridgehead atoms. The average molecular weight is 356 g/mol. The fourth-order valence-corrected chi connectivity index (χ4v) is 3.90. The highest BCUT2D eigenvalue weighted by molar-refractivity contribution is 5.80. The number of hydrogen-bond donors (Lipinski definition) is 2. The van der Waals surface area contributed by atoms with E-state index in [1.165, 1.54) is 25.7 Å². The Labute approximate surface area is 154 Å². The van der Waals surface area contributed by atoms with Crippen LogP contribution in [0.15, 0.2) is 27.8 Å². The maximum absolute atomic E-state index is 5.42. The lowest BCUT2D eigenvalue weighted by Gasteiger charge is -2.26. The molecule has 4 rings (SSSR count). The van der Waals surface area contributed by atoms with Crippen molar-refractivity contribution in [1.82, 2.24) is 25.4 Å². The van der Waals surface area contributed by atoms with E-state index in [1.54, 1.807) is 6.26 Å². The van der Waals surface area contributed by atoms with E-state index in [4.69, 9.17) is 9.41 Å². The predicted octanol–water partition coefficient (Wildman–Crippen LogP) is 2.73. The number of nitrogens with zero attached hydrogens (tertiary/aromatic N) is 4. The minimum absolute atomic E-state index is 0.168. The molecule has 0 radical (unpaired) electrons. The number of guanidine groups is 1. The molecule has 0 spiro atoms. The Morgan fingerprint density at radius 3 is 2.96 bits per heavy atom. The molecule has 1 saturated carbocycles. The molecule has 0 aromatic carbocycles. The summed E-state index contributed by atoms with van der Waals surface area (Å²) in [4.78, 5) is 9.44. The van der Waals surface area contributed by atoms with Crippen molar-refractivity contribution < 1.29 is 4.42 Å². The summed E-state index contributed by atoms with van der Waals surface area (Å²) in [6.07, 6.45) is 9.73. The summed E-state index contributed by atoms with van der Waals surface area (Å²) in [5.74, 6) is 3.74. The highest BCUT2D eigenvalue weighted by Crippen LogP contribution is 2.23. The zero-order chi connectivity index (χ0) is 17.8. The zero-order valence-electron chi connectivity index (χ0n) is 15.4. The number of rotatable bonds is 5. The molecule has 2 aromatic heterocycles. The maximum atomic E-state index is 5.42. The van der Waals surface area contributed by atoms with Crippen LogP contribution < -0.4 is 10.6 Å². The number of aryl methyl sites for hydroxylation is 2. The molecular weight excluding hydrogens is 328 g/mol. The first-order chi connectivity index (χ1) is 12.8. The van der Waals surface area contributed by atoms with Crippen molar-refractivity contribution >= 4 is 5.96 Å². The lowest BCUT2D eigenvalue weighted by atomic mass is 10.1. The van der Waals surface area contributed by atoms with Crippen molar-refractivity contribution in [2.75, 3.05) is 6.54 Å². The predicted molar refractivity (Wildman–Crippen MR) is 100.0 cm³/mol. The molecule has 1 fully saturated rings. The van der Waals surface area contributed by atoms with Crippen molar-refractivity contribution in [3.05, 3.63) is 35.8 Å². The molecule has 1 atom stereocenters. The van der Waals surface area contributed by atoms with Gasteiger partial charge in [0.1, 0.15) is 17.4 Å². The third-order valence-corrected chi connectivity index (χ3v) is 5.20. The highest BCUT2D eigenvalue weighted by atomic mass is 16.3. The second-order valence-electron chi connectivity index (χ2n) is 7.26. The van der Waals surface area contributed by atoms with E-state index in [0.717, 1.165) is 49.2 Å². The van der Waals surface area contributed by atoms with Gasteiger partial charge in [-0.1, -0.05) is 12.8 Å². The Bertz CT molecular complexity index is 729. The van der Waals surface area contributed by atoms with E-state index in [-0.39, 0.29) is 6.04 Å². The molecule has 26 heavy (non-hydrogen) atoms. The molecule has 2 N–H and O–H groups in total. The Balaban J connectivity index is 1.45. The van der Waals surface area contributed by atoms with Gasteiger partial charge in [0.05, 0.1) is 12.3 Å². The van der Waals surface area contributed by atoms with Crippen LogP contribution in [0.2, 0.25) is 0 Å². The summed E-state index contributed by atoms with van der Waals surface area (Å²) in [6, 6.07) is 4.61. The maximum Gasteiger partial charge on any atom is 0.192 e. The van der Waals surface area contributed by atoms with Crippen molar-refractivity contribution in [2.24, 2.45) is 4.99 Å². The lowest BCUT2D eigenvalue weighted by Crippen LogP contribution is -2.45. The van der Waals surface area contributed by atoms with Crippen LogP contribution in [0, 0.1) is 6.92 Å². The fourth-order valence-electron chi connectivity index (χ4n) is 3.90. The van der Waals surface area contributed by atoms with Gasteiger partial charge in [0.15, 0.2) is 5.96 Å². The Morgan fingerprint density at radius 1 is 1.27 bits per heavy atom. The summed E-state index contributed by atoms with van der Waals surface area (Å²) in [7, 11) is 0. The first-order valence-electron chi connectivity index (χ1n) is 9.79. The Hall–Kier alpha value is -2.31. The van der Waals surface area contributed by atoms with E-state index >= 15 is 0 Å². The van der Waals surface area contributed by atoms with Crippen LogP contribution in [0.4, 0.5) is 0 Å². The Kier molecular flexibility index (Phi) is 5.22. The van der Waals surface area contributed by atoms with E-state index in [1.807, 2.05) is 23.7 Å². The van der Waals surface area contributed by atoms with Gasteiger partial charge in [-0.25, -0.2) is 9.67 Å². The summed E-state index contributed by atoms with van der Waals surface area (Å²) in [5.41, 5.74) is 0. The van der Waals surface area contributed by atoms with Gasteiger partial charge in [0.2, 0.25) is 0 Å². The molecule has 140 valence electrons. The van der Waals surface area contributed by atoms with Crippen LogP contribution in [-0.4, -0.2) is 33.3 Å². The van der Waals surface area contributed by atoms with Gasteiger partial charge in [-0.05, 0) is 44.7 Å². The molecule has 7 nitrogen and oxygen atoms in total. The van der Waals surface area contributed by atoms with Gasteiger partial charge in [0, 0.05) is 25.6 Å². The first kappa shape index (κ1) is 17.1. The van der Waals surface area contributed by atoms with Crippen LogP contribution in [0.25, 0.3) is 0 Å². The second kappa shape index (κ2) is 7.93. The number of aromatic nitrogens is 3. The van der Waals surface area contributed by atoms with Gasteiger partial charge in [0.25, 0.3) is 0 Å². The van der Waals surface area contributed by atoms with Gasteiger partial charge in [-0.15, -0.1) is 0 Å². The zero-order valence-corrected chi connectivity index (χ0v) is 15.4. The summed E-state index contributed by atoms with van der Waals surface area (Å²) < 4.78 is 7.45. The molecule has 1 aliphatic carbocycles. The van der Waals surface area contributed by atoms with Crippen molar-refractivity contribution in [3.8, 4) is 0 Å². The van der Waals surface area contributed by atoms with E-state index in [2.05, 4.69) is 20.7 Å². The van der Waals surface area contributed by atoms with Gasteiger partial charge in [-0.2, -0.15) is 5.10 Å². The molecule has 1 aliphatic heterocycles. The molecule has 2 aromatic rings. The standard InChI is InChI=1S/C19H28N6O/c1-14-21-18-17(9-4-12-25(18)24-14)23-19(22-15-6-2-3-7-15)20-11-10-16-8-5-13-26-16/h5,8,13,15,17H,2-4,6-7,9-12H2,1H3,(H2,20,22,23). The van der Waals surface area contributed by atoms with E-state index < -0.39 is 0 Å². The monoisotopic (exact) mass is 356 g/mol. The number of furan rings is 1. The van der Waals surface area contributed by atoms with Gasteiger partial charge < -0.3 is 15.1 Å². The fraction of sp³-hybridized carbons (Fsp3) is 0.632. The average Bonchev–Trinajstić information content (AvgIpc) is 3.36. The first-order valence-corrected chi connectivity index (χ1v) is 9.79. The summed E-state index contributed by atoms with van der Waals surface area (Å²) >= 11 is 0. The molecule has 1 unspecified atom stereocenters. The number of fused-ring (bicyclic) bond motifs is 1. The molecule has 7 heteroatoms. The van der Waals surface area contributed by atoms with Crippen molar-refractivity contribution in [2.45, 2.75) is 70.5 Å². The molecule has 0 amide bonds. The van der Waals surface area contributed by atoms with Crippen LogP contribution in [-0.2, 0) is 13.0 Å². The number of aliphatic imine (C=N–C) groups is 1. The minimum atomic E-state index is 0.168. The highest BCUT2D eigenvalue weighted by Gasteiger charge is 2.25. The van der Waals surface area contributed by atoms with Crippen molar-refractivity contribution in [1.29, 1.82) is 0 Å². The van der Waals surface area contributed by atoms with E-state index in [9.17, 15) is 0 Å². The quantitative estimate of drug-likeness (QED) is 0.636. The number of nitrogens with one attached hydrogen (secondary N) is 2. The molecule has 3 heterocycles. The molecule has 0 saturated heterocycles. The third kappa shape index (κ3) is 4.08. The SMILES string of the molecule is Cc1nc2n(n1)CCCC2NC(=NCCc1ccco1)NC1CCCC1. The van der Waals surface area contributed by atoms with Gasteiger partial charge >= 0.3 is 0 Å². The van der Waals surface area contributed by atoms with Crippen LogP contribution >= 0.6 is 0 Å². The van der Waals surface area contributed by atoms with E-state index in [0.29, 0.717) is 12.6 Å². The van der Waals surface area contributed by atoms with Crippen molar-refractivity contribution in [3.63, 3.8) is 0 Å². The minimum Gasteiger partial charge on any atom is -0.469 e. The second-order valence-corrected chi connectivity index (χ2v) is 7.26. The van der Waals surface area contributed by atoms with Gasteiger partial charge in [-0.3, -0.25) is 4.99 Å². The summed E-state index contributed by atoms with van der Waals surface area (Å²) in [6.45, 7) is 3.61. The molecular formula is C19H28N6O. The topological polar surface area (TPSA) is 80.3 Å².